The number of anilines is 1. The van der Waals surface area contributed by atoms with Gasteiger partial charge in [0.15, 0.2) is 0 Å². The zero-order valence-corrected chi connectivity index (χ0v) is 13.5. The van der Waals surface area contributed by atoms with E-state index in [9.17, 15) is 12.8 Å². The van der Waals surface area contributed by atoms with E-state index in [-0.39, 0.29) is 29.8 Å². The predicted molar refractivity (Wildman–Crippen MR) is 81.0 cm³/mol. The van der Waals surface area contributed by atoms with Crippen LogP contribution in [0.4, 0.5) is 10.1 Å². The molecule has 0 radical (unpaired) electrons. The molecule has 0 spiro atoms. The molecule has 0 heterocycles. The monoisotopic (exact) mass is 318 g/mol. The van der Waals surface area contributed by atoms with E-state index in [2.05, 4.69) is 0 Å². The summed E-state index contributed by atoms with van der Waals surface area (Å²) in [6, 6.07) is 3.37. The van der Waals surface area contributed by atoms with Crippen LogP contribution in [0, 0.1) is 5.82 Å². The molecule has 0 aliphatic heterocycles. The van der Waals surface area contributed by atoms with Crippen LogP contribution in [-0.4, -0.2) is 39.0 Å². The molecule has 0 unspecified atom stereocenters. The van der Waals surface area contributed by atoms with Crippen LogP contribution < -0.4 is 5.73 Å². The predicted octanol–water partition coefficient (Wildman–Crippen LogP) is 2.23. The number of ether oxygens (including phenoxy) is 1. The molecule has 1 aromatic carbocycles. The number of hydrogen-bond acceptors (Lipinski definition) is 4. The van der Waals surface area contributed by atoms with E-state index in [1.54, 1.807) is 0 Å². The maximum atomic E-state index is 13.9. The first-order valence-electron chi connectivity index (χ1n) is 6.94. The summed E-state index contributed by atoms with van der Waals surface area (Å²) in [7, 11) is -2.45. The molecule has 0 saturated carbocycles. The molecule has 21 heavy (non-hydrogen) atoms. The molecule has 7 heteroatoms. The first-order valence-corrected chi connectivity index (χ1v) is 8.38. The zero-order chi connectivity index (χ0) is 16.0. The van der Waals surface area contributed by atoms with Crippen LogP contribution >= 0.6 is 0 Å². The van der Waals surface area contributed by atoms with Gasteiger partial charge in [0.25, 0.3) is 0 Å². The van der Waals surface area contributed by atoms with E-state index in [4.69, 9.17) is 10.5 Å². The molecule has 120 valence electrons. The van der Waals surface area contributed by atoms with E-state index in [0.29, 0.717) is 12.8 Å². The number of sulfonamides is 1. The van der Waals surface area contributed by atoms with Crippen molar-refractivity contribution in [2.45, 2.75) is 37.6 Å². The van der Waals surface area contributed by atoms with Gasteiger partial charge in [0, 0.05) is 25.4 Å². The van der Waals surface area contributed by atoms with E-state index >= 15 is 0 Å². The minimum absolute atomic E-state index is 0.180. The molecular formula is C14H23FN2O3S. The molecule has 2 N–H and O–H groups in total. The molecule has 1 rings (SSSR count). The van der Waals surface area contributed by atoms with Crippen LogP contribution in [0.2, 0.25) is 0 Å². The summed E-state index contributed by atoms with van der Waals surface area (Å²) in [4.78, 5) is -0.384. The van der Waals surface area contributed by atoms with Crippen molar-refractivity contribution < 1.29 is 17.5 Å². The minimum atomic E-state index is -3.95. The highest BCUT2D eigenvalue weighted by Crippen LogP contribution is 2.25. The van der Waals surface area contributed by atoms with Crippen molar-refractivity contribution in [3.63, 3.8) is 0 Å². The molecule has 5 nitrogen and oxygen atoms in total. The van der Waals surface area contributed by atoms with Crippen molar-refractivity contribution in [2.24, 2.45) is 0 Å². The van der Waals surface area contributed by atoms with Crippen LogP contribution in [0.15, 0.2) is 23.1 Å². The number of nitrogens with two attached hydrogens (primary N) is 1. The molecule has 0 atom stereocenters. The third kappa shape index (κ3) is 4.15. The van der Waals surface area contributed by atoms with Crippen molar-refractivity contribution in [3.8, 4) is 0 Å². The lowest BCUT2D eigenvalue weighted by atomic mass is 10.2. The Labute approximate surface area is 125 Å². The summed E-state index contributed by atoms with van der Waals surface area (Å²) in [6.45, 7) is 4.23. The Hall–Kier alpha value is -1.18. The Bertz CT molecular complexity index is 559. The van der Waals surface area contributed by atoms with Gasteiger partial charge in [0.05, 0.1) is 6.61 Å². The third-order valence-electron chi connectivity index (χ3n) is 3.41. The molecule has 1 aromatic rings. The fraction of sp³-hybridized carbons (Fsp3) is 0.571. The average molecular weight is 318 g/mol. The summed E-state index contributed by atoms with van der Waals surface area (Å²) < 4.78 is 45.7. The van der Waals surface area contributed by atoms with E-state index in [0.717, 1.165) is 12.1 Å². The van der Waals surface area contributed by atoms with Gasteiger partial charge in [0.2, 0.25) is 10.0 Å². The summed E-state index contributed by atoms with van der Waals surface area (Å²) in [5.74, 6) is -0.794. The Morgan fingerprint density at radius 1 is 1.33 bits per heavy atom. The number of rotatable bonds is 8. The lowest BCUT2D eigenvalue weighted by molar-refractivity contribution is 0.163. The lowest BCUT2D eigenvalue weighted by Crippen LogP contribution is -2.42. The molecule has 0 bridgehead atoms. The molecule has 0 aromatic heterocycles. The average Bonchev–Trinajstić information content (AvgIpc) is 2.45. The maximum Gasteiger partial charge on any atom is 0.246 e. The first kappa shape index (κ1) is 17.9. The van der Waals surface area contributed by atoms with Gasteiger partial charge in [-0.05, 0) is 31.0 Å². The quantitative estimate of drug-likeness (QED) is 0.746. The smallest absolute Gasteiger partial charge is 0.246 e. The van der Waals surface area contributed by atoms with Gasteiger partial charge < -0.3 is 10.5 Å². The number of halogens is 1. The first-order chi connectivity index (χ1) is 9.88. The second-order valence-corrected chi connectivity index (χ2v) is 6.63. The highest BCUT2D eigenvalue weighted by molar-refractivity contribution is 7.89. The second-order valence-electron chi connectivity index (χ2n) is 4.77. The molecule has 0 aliphatic carbocycles. The highest BCUT2D eigenvalue weighted by Gasteiger charge is 2.31. The van der Waals surface area contributed by atoms with E-state index in [1.807, 2.05) is 13.8 Å². The normalized spacial score (nSPS) is 12.3. The SMILES string of the molecule is CCC(CC)N(CCOC)S(=O)(=O)c1cc(N)ccc1F. The van der Waals surface area contributed by atoms with Crippen LogP contribution in [0.3, 0.4) is 0 Å². The number of hydrogen-bond donors (Lipinski definition) is 1. The van der Waals surface area contributed by atoms with Crippen molar-refractivity contribution >= 4 is 15.7 Å². The van der Waals surface area contributed by atoms with Gasteiger partial charge in [-0.3, -0.25) is 0 Å². The summed E-state index contributed by atoms with van der Waals surface area (Å²) in [5, 5.41) is 0. The summed E-state index contributed by atoms with van der Waals surface area (Å²) in [5.41, 5.74) is 5.81. The topological polar surface area (TPSA) is 72.6 Å². The van der Waals surface area contributed by atoms with Crippen molar-refractivity contribution in [2.75, 3.05) is 26.0 Å². The second kappa shape index (κ2) is 7.72. The number of benzene rings is 1. The maximum absolute atomic E-state index is 13.9. The fourth-order valence-electron chi connectivity index (χ4n) is 2.22. The van der Waals surface area contributed by atoms with Gasteiger partial charge in [-0.15, -0.1) is 0 Å². The minimum Gasteiger partial charge on any atom is -0.399 e. The fourth-order valence-corrected chi connectivity index (χ4v) is 4.08. The molecule has 0 fully saturated rings. The van der Waals surface area contributed by atoms with Crippen LogP contribution in [0.1, 0.15) is 26.7 Å². The van der Waals surface area contributed by atoms with Crippen molar-refractivity contribution in [3.05, 3.63) is 24.0 Å². The van der Waals surface area contributed by atoms with Gasteiger partial charge in [-0.25, -0.2) is 12.8 Å². The number of nitrogens with zero attached hydrogens (tertiary/aromatic N) is 1. The van der Waals surface area contributed by atoms with E-state index in [1.165, 1.54) is 17.5 Å². The van der Waals surface area contributed by atoms with Crippen molar-refractivity contribution in [1.29, 1.82) is 0 Å². The Morgan fingerprint density at radius 3 is 2.48 bits per heavy atom. The summed E-state index contributed by atoms with van der Waals surface area (Å²) in [6.07, 6.45) is 1.28. The van der Waals surface area contributed by atoms with Gasteiger partial charge in [0.1, 0.15) is 10.7 Å². The number of nitrogen functional groups attached to an aromatic ring is 1. The van der Waals surface area contributed by atoms with Crippen LogP contribution in [0.5, 0.6) is 0 Å². The molecule has 0 amide bonds. The molecule has 0 aliphatic rings. The van der Waals surface area contributed by atoms with Crippen LogP contribution in [-0.2, 0) is 14.8 Å². The molecular weight excluding hydrogens is 295 g/mol. The van der Waals surface area contributed by atoms with Crippen LogP contribution in [0.25, 0.3) is 0 Å². The van der Waals surface area contributed by atoms with Gasteiger partial charge in [-0.1, -0.05) is 13.8 Å². The zero-order valence-electron chi connectivity index (χ0n) is 12.7. The van der Waals surface area contributed by atoms with Gasteiger partial charge >= 0.3 is 0 Å². The van der Waals surface area contributed by atoms with E-state index < -0.39 is 15.8 Å². The van der Waals surface area contributed by atoms with Gasteiger partial charge in [-0.2, -0.15) is 4.31 Å². The molecule has 0 saturated heterocycles. The lowest BCUT2D eigenvalue weighted by Gasteiger charge is -2.29. The Morgan fingerprint density at radius 2 is 1.95 bits per heavy atom. The standard InChI is InChI=1S/C14H23FN2O3S/c1-4-12(5-2)17(8-9-20-3)21(18,19)14-10-11(16)6-7-13(14)15/h6-7,10,12H,4-5,8-9,16H2,1-3H3. The third-order valence-corrected chi connectivity index (χ3v) is 5.37. The number of methoxy groups -OCH3 is 1. The summed E-state index contributed by atoms with van der Waals surface area (Å²) >= 11 is 0. The van der Waals surface area contributed by atoms with Crippen molar-refractivity contribution in [1.82, 2.24) is 4.31 Å². The highest BCUT2D eigenvalue weighted by atomic mass is 32.2. The largest absolute Gasteiger partial charge is 0.399 e. The Kier molecular flexibility index (Phi) is 6.57. The Balaban J connectivity index is 3.28.